The number of benzene rings is 1. The number of thiophene rings is 1. The summed E-state index contributed by atoms with van der Waals surface area (Å²) in [5, 5.41) is 6.92. The Morgan fingerprint density at radius 3 is 2.86 bits per heavy atom. The number of carbonyl (C=O) groups excluding carboxylic acids is 1. The number of rotatable bonds is 3. The van der Waals surface area contributed by atoms with E-state index in [1.807, 2.05) is 54.1 Å². The van der Waals surface area contributed by atoms with Crippen LogP contribution in [0.2, 0.25) is 0 Å². The Morgan fingerprint density at radius 2 is 2.10 bits per heavy atom. The Kier molecular flexibility index (Phi) is 3.79. The second kappa shape index (κ2) is 5.89. The van der Waals surface area contributed by atoms with Crippen LogP contribution in [-0.2, 0) is 0 Å². The van der Waals surface area contributed by atoms with Crippen LogP contribution in [0.3, 0.4) is 0 Å². The molecule has 3 nitrogen and oxygen atoms in total. The number of aryl methyl sites for hydroxylation is 1. The number of nitrogens with zero attached hydrogens (tertiary/aromatic N) is 1. The van der Waals surface area contributed by atoms with Crippen LogP contribution in [0.25, 0.3) is 11.3 Å². The zero-order valence-corrected chi connectivity index (χ0v) is 12.4. The summed E-state index contributed by atoms with van der Waals surface area (Å²) in [6, 6.07) is 13.3. The Labute approximate surface area is 127 Å². The highest BCUT2D eigenvalue weighted by Crippen LogP contribution is 2.21. The summed E-state index contributed by atoms with van der Waals surface area (Å²) in [4.78, 5) is 16.6. The maximum Gasteiger partial charge on any atom is 0.255 e. The van der Waals surface area contributed by atoms with E-state index in [2.05, 4.69) is 10.3 Å². The molecule has 1 aromatic carbocycles. The molecule has 4 heteroatoms. The van der Waals surface area contributed by atoms with Crippen molar-refractivity contribution in [1.29, 1.82) is 0 Å². The van der Waals surface area contributed by atoms with E-state index in [9.17, 15) is 4.79 Å². The lowest BCUT2D eigenvalue weighted by molar-refractivity contribution is 0.102. The van der Waals surface area contributed by atoms with Gasteiger partial charge in [0.2, 0.25) is 0 Å². The van der Waals surface area contributed by atoms with Gasteiger partial charge in [0.1, 0.15) is 0 Å². The quantitative estimate of drug-likeness (QED) is 0.779. The van der Waals surface area contributed by atoms with Gasteiger partial charge in [-0.15, -0.1) is 0 Å². The molecule has 104 valence electrons. The Hall–Kier alpha value is -2.46. The molecule has 1 amide bonds. The second-order valence-corrected chi connectivity index (χ2v) is 5.55. The Morgan fingerprint density at radius 1 is 1.19 bits per heavy atom. The molecule has 21 heavy (non-hydrogen) atoms. The van der Waals surface area contributed by atoms with E-state index in [1.54, 1.807) is 23.6 Å². The minimum atomic E-state index is -0.125. The highest BCUT2D eigenvalue weighted by Gasteiger charge is 2.08. The molecule has 0 radical (unpaired) electrons. The van der Waals surface area contributed by atoms with Gasteiger partial charge in [-0.1, -0.05) is 12.1 Å². The van der Waals surface area contributed by atoms with Crippen LogP contribution < -0.4 is 5.32 Å². The number of amides is 1. The first kappa shape index (κ1) is 13.5. The van der Waals surface area contributed by atoms with Crippen LogP contribution in [0.15, 0.2) is 59.4 Å². The fourth-order valence-corrected chi connectivity index (χ4v) is 2.72. The van der Waals surface area contributed by atoms with Crippen molar-refractivity contribution in [1.82, 2.24) is 4.98 Å². The van der Waals surface area contributed by atoms with Crippen molar-refractivity contribution in [3.05, 3.63) is 70.5 Å². The number of aromatic nitrogens is 1. The van der Waals surface area contributed by atoms with E-state index >= 15 is 0 Å². The molecule has 3 rings (SSSR count). The molecule has 2 heterocycles. The van der Waals surface area contributed by atoms with Gasteiger partial charge in [0.15, 0.2) is 0 Å². The maximum absolute atomic E-state index is 12.3. The fraction of sp³-hybridized carbons (Fsp3) is 0.0588. The van der Waals surface area contributed by atoms with Gasteiger partial charge >= 0.3 is 0 Å². The lowest BCUT2D eigenvalue weighted by Crippen LogP contribution is -2.12. The van der Waals surface area contributed by atoms with Gasteiger partial charge in [-0.05, 0) is 48.2 Å². The summed E-state index contributed by atoms with van der Waals surface area (Å²) in [6.07, 6.45) is 1.66. The van der Waals surface area contributed by atoms with Crippen molar-refractivity contribution < 1.29 is 4.79 Å². The van der Waals surface area contributed by atoms with Crippen molar-refractivity contribution in [3.8, 4) is 11.3 Å². The number of hydrogen-bond acceptors (Lipinski definition) is 3. The van der Waals surface area contributed by atoms with E-state index in [0.717, 1.165) is 22.5 Å². The molecular formula is C17H14N2OS. The molecule has 0 saturated heterocycles. The average molecular weight is 294 g/mol. The van der Waals surface area contributed by atoms with Crippen LogP contribution in [0.5, 0.6) is 0 Å². The zero-order chi connectivity index (χ0) is 14.7. The SMILES string of the molecule is Cc1cccc(NC(=O)c2ccnc(-c3ccsc3)c2)c1. The molecule has 3 aromatic rings. The van der Waals surface area contributed by atoms with Crippen molar-refractivity contribution in [2.24, 2.45) is 0 Å². The largest absolute Gasteiger partial charge is 0.322 e. The molecule has 0 aliphatic heterocycles. The fourth-order valence-electron chi connectivity index (χ4n) is 2.07. The van der Waals surface area contributed by atoms with E-state index in [1.165, 1.54) is 0 Å². The first-order valence-electron chi connectivity index (χ1n) is 6.59. The van der Waals surface area contributed by atoms with Crippen LogP contribution >= 0.6 is 11.3 Å². The molecule has 0 aliphatic carbocycles. The summed E-state index contributed by atoms with van der Waals surface area (Å²) in [7, 11) is 0. The molecule has 0 unspecified atom stereocenters. The third-order valence-corrected chi connectivity index (χ3v) is 3.80. The van der Waals surface area contributed by atoms with E-state index in [0.29, 0.717) is 5.56 Å². The molecular weight excluding hydrogens is 280 g/mol. The molecule has 1 N–H and O–H groups in total. The van der Waals surface area contributed by atoms with Crippen molar-refractivity contribution in [3.63, 3.8) is 0 Å². The number of anilines is 1. The smallest absolute Gasteiger partial charge is 0.255 e. The minimum absolute atomic E-state index is 0.125. The normalized spacial score (nSPS) is 10.3. The van der Waals surface area contributed by atoms with Gasteiger partial charge in [-0.3, -0.25) is 9.78 Å². The standard InChI is InChI=1S/C17H14N2OS/c1-12-3-2-4-15(9-12)19-17(20)13-5-7-18-16(10-13)14-6-8-21-11-14/h2-11H,1H3,(H,19,20). The summed E-state index contributed by atoms with van der Waals surface area (Å²) in [5.41, 5.74) is 4.36. The van der Waals surface area contributed by atoms with Gasteiger partial charge in [-0.2, -0.15) is 11.3 Å². The van der Waals surface area contributed by atoms with Crippen LogP contribution in [-0.4, -0.2) is 10.9 Å². The highest BCUT2D eigenvalue weighted by molar-refractivity contribution is 7.08. The van der Waals surface area contributed by atoms with Gasteiger partial charge in [0.25, 0.3) is 5.91 Å². The van der Waals surface area contributed by atoms with Crippen molar-refractivity contribution in [2.45, 2.75) is 6.92 Å². The predicted octanol–water partition coefficient (Wildman–Crippen LogP) is 4.37. The van der Waals surface area contributed by atoms with Gasteiger partial charge in [0.05, 0.1) is 5.69 Å². The molecule has 0 saturated carbocycles. The molecule has 2 aromatic heterocycles. The van der Waals surface area contributed by atoms with Crippen molar-refractivity contribution >= 4 is 22.9 Å². The predicted molar refractivity (Wildman–Crippen MR) is 86.7 cm³/mol. The zero-order valence-electron chi connectivity index (χ0n) is 11.5. The van der Waals surface area contributed by atoms with E-state index < -0.39 is 0 Å². The van der Waals surface area contributed by atoms with Crippen LogP contribution in [0, 0.1) is 6.92 Å². The molecule has 0 spiro atoms. The molecule has 0 fully saturated rings. The van der Waals surface area contributed by atoms with Gasteiger partial charge < -0.3 is 5.32 Å². The number of nitrogens with one attached hydrogen (secondary N) is 1. The molecule has 0 aliphatic rings. The monoisotopic (exact) mass is 294 g/mol. The number of carbonyl (C=O) groups is 1. The van der Waals surface area contributed by atoms with Crippen LogP contribution in [0.1, 0.15) is 15.9 Å². The summed E-state index contributed by atoms with van der Waals surface area (Å²) in [5.74, 6) is -0.125. The first-order valence-corrected chi connectivity index (χ1v) is 7.53. The van der Waals surface area contributed by atoms with E-state index in [-0.39, 0.29) is 5.91 Å². The summed E-state index contributed by atoms with van der Waals surface area (Å²) in [6.45, 7) is 2.00. The maximum atomic E-state index is 12.3. The molecule has 0 bridgehead atoms. The average Bonchev–Trinajstić information content (AvgIpc) is 3.02. The van der Waals surface area contributed by atoms with Crippen molar-refractivity contribution in [2.75, 3.05) is 5.32 Å². The van der Waals surface area contributed by atoms with Crippen LogP contribution in [0.4, 0.5) is 5.69 Å². The van der Waals surface area contributed by atoms with Gasteiger partial charge in [-0.25, -0.2) is 0 Å². The second-order valence-electron chi connectivity index (χ2n) is 4.77. The lowest BCUT2D eigenvalue weighted by atomic mass is 10.1. The number of pyridine rings is 1. The summed E-state index contributed by atoms with van der Waals surface area (Å²) >= 11 is 1.61. The Balaban J connectivity index is 1.83. The number of hydrogen-bond donors (Lipinski definition) is 1. The molecule has 0 atom stereocenters. The first-order chi connectivity index (χ1) is 10.2. The minimum Gasteiger partial charge on any atom is -0.322 e. The topological polar surface area (TPSA) is 42.0 Å². The Bertz CT molecular complexity index is 766. The highest BCUT2D eigenvalue weighted by atomic mass is 32.1. The van der Waals surface area contributed by atoms with E-state index in [4.69, 9.17) is 0 Å². The van der Waals surface area contributed by atoms with Gasteiger partial charge in [0, 0.05) is 28.4 Å². The third kappa shape index (κ3) is 3.17. The lowest BCUT2D eigenvalue weighted by Gasteiger charge is -2.07. The summed E-state index contributed by atoms with van der Waals surface area (Å²) < 4.78 is 0. The third-order valence-electron chi connectivity index (χ3n) is 3.12.